The van der Waals surface area contributed by atoms with Gasteiger partial charge in [-0.25, -0.2) is 0 Å². The van der Waals surface area contributed by atoms with Gasteiger partial charge in [0.1, 0.15) is 11.9 Å². The molecule has 0 fully saturated rings. The van der Waals surface area contributed by atoms with E-state index in [2.05, 4.69) is 10.6 Å². The first-order valence-electron chi connectivity index (χ1n) is 10.6. The van der Waals surface area contributed by atoms with Crippen LogP contribution in [0.3, 0.4) is 0 Å². The van der Waals surface area contributed by atoms with E-state index in [-0.39, 0.29) is 31.6 Å². The van der Waals surface area contributed by atoms with E-state index in [9.17, 15) is 14.7 Å². The van der Waals surface area contributed by atoms with Crippen molar-refractivity contribution in [3.8, 4) is 17.2 Å². The number of amides is 2. The number of hydrogen-bond donors (Lipinski definition) is 3. The van der Waals surface area contributed by atoms with Crippen LogP contribution in [0.5, 0.6) is 17.2 Å². The van der Waals surface area contributed by atoms with Gasteiger partial charge in [0.25, 0.3) is 5.91 Å². The van der Waals surface area contributed by atoms with Crippen LogP contribution in [0.15, 0.2) is 54.6 Å². The average molecular weight is 454 g/mol. The molecule has 4 rings (SSSR count). The summed E-state index contributed by atoms with van der Waals surface area (Å²) in [7, 11) is 1.60. The fraction of sp³-hybridized carbons (Fsp3) is 0.333. The van der Waals surface area contributed by atoms with Crippen molar-refractivity contribution in [2.45, 2.75) is 31.2 Å². The van der Waals surface area contributed by atoms with Gasteiger partial charge >= 0.3 is 0 Å². The summed E-state index contributed by atoms with van der Waals surface area (Å²) in [5.74, 6) is 1.34. The molecule has 33 heavy (non-hydrogen) atoms. The number of rotatable bonds is 8. The van der Waals surface area contributed by atoms with Crippen LogP contribution in [0.1, 0.15) is 22.3 Å². The number of carbonyl (C=O) groups is 2. The summed E-state index contributed by atoms with van der Waals surface area (Å²) < 4.78 is 21.5. The number of aliphatic hydroxyl groups is 1. The SMILES string of the molecule is COc1ccc(CNC(=O)C[C@@H]2C=C[C@@H](NC(=O)c3ccc4c(c3)OCO4)[C@H](CO)O2)cc1. The third-order valence-electron chi connectivity index (χ3n) is 5.43. The number of benzene rings is 2. The number of hydrogen-bond acceptors (Lipinski definition) is 7. The fourth-order valence-electron chi connectivity index (χ4n) is 3.61. The highest BCUT2D eigenvalue weighted by Gasteiger charge is 2.29. The Hall–Kier alpha value is -3.56. The maximum Gasteiger partial charge on any atom is 0.251 e. The lowest BCUT2D eigenvalue weighted by molar-refractivity contribution is -0.125. The molecule has 0 saturated heterocycles. The molecule has 2 aliphatic rings. The minimum absolute atomic E-state index is 0.103. The van der Waals surface area contributed by atoms with E-state index >= 15 is 0 Å². The molecule has 0 bridgehead atoms. The van der Waals surface area contributed by atoms with Gasteiger partial charge in [0.15, 0.2) is 11.5 Å². The standard InChI is InChI=1S/C24H26N2O7/c1-30-17-5-2-15(3-6-17)12-25-23(28)11-18-7-8-19(22(13-27)33-18)26-24(29)16-4-9-20-21(10-16)32-14-31-20/h2-10,18-19,22,27H,11-14H2,1H3,(H,25,28)(H,26,29)/t18-,19+,22-/m0/s1. The lowest BCUT2D eigenvalue weighted by atomic mass is 10.0. The van der Waals surface area contributed by atoms with Crippen molar-refractivity contribution in [1.82, 2.24) is 10.6 Å². The number of methoxy groups -OCH3 is 1. The molecule has 3 N–H and O–H groups in total. The predicted molar refractivity (Wildman–Crippen MR) is 118 cm³/mol. The average Bonchev–Trinajstić information content (AvgIpc) is 3.32. The Balaban J connectivity index is 1.29. The molecule has 9 heteroatoms. The van der Waals surface area contributed by atoms with Gasteiger partial charge in [-0.15, -0.1) is 0 Å². The predicted octanol–water partition coefficient (Wildman–Crippen LogP) is 1.54. The number of nitrogens with one attached hydrogen (secondary N) is 2. The van der Waals surface area contributed by atoms with Crippen molar-refractivity contribution in [2.75, 3.05) is 20.5 Å². The first-order valence-corrected chi connectivity index (χ1v) is 10.6. The topological polar surface area (TPSA) is 115 Å². The van der Waals surface area contributed by atoms with Crippen LogP contribution in [0.2, 0.25) is 0 Å². The van der Waals surface area contributed by atoms with E-state index in [1.165, 1.54) is 0 Å². The first kappa shape index (κ1) is 22.6. The van der Waals surface area contributed by atoms with Crippen LogP contribution in [0, 0.1) is 0 Å². The molecule has 0 radical (unpaired) electrons. The zero-order chi connectivity index (χ0) is 23.2. The van der Waals surface area contributed by atoms with E-state index in [0.29, 0.717) is 23.6 Å². The van der Waals surface area contributed by atoms with Crippen molar-refractivity contribution >= 4 is 11.8 Å². The summed E-state index contributed by atoms with van der Waals surface area (Å²) >= 11 is 0. The van der Waals surface area contributed by atoms with E-state index in [4.69, 9.17) is 18.9 Å². The molecular weight excluding hydrogens is 428 g/mol. The van der Waals surface area contributed by atoms with Gasteiger partial charge in [-0.3, -0.25) is 9.59 Å². The fourth-order valence-corrected chi connectivity index (χ4v) is 3.61. The Kier molecular flexibility index (Phi) is 7.11. The van der Waals surface area contributed by atoms with Gasteiger partial charge in [0.05, 0.1) is 32.3 Å². The summed E-state index contributed by atoms with van der Waals surface area (Å²) in [5.41, 5.74) is 1.35. The molecule has 0 spiro atoms. The Morgan fingerprint density at radius 2 is 1.88 bits per heavy atom. The molecule has 0 aromatic heterocycles. The second-order valence-corrected chi connectivity index (χ2v) is 7.68. The van der Waals surface area contributed by atoms with Gasteiger partial charge in [0, 0.05) is 12.1 Å². The molecule has 2 aromatic carbocycles. The third-order valence-corrected chi connectivity index (χ3v) is 5.43. The van der Waals surface area contributed by atoms with E-state index < -0.39 is 18.2 Å². The quantitative estimate of drug-likeness (QED) is 0.519. The molecule has 3 atom stereocenters. The van der Waals surface area contributed by atoms with E-state index in [0.717, 1.165) is 11.3 Å². The summed E-state index contributed by atoms with van der Waals surface area (Å²) in [4.78, 5) is 25.0. The Morgan fingerprint density at radius 1 is 1.09 bits per heavy atom. The highest BCUT2D eigenvalue weighted by atomic mass is 16.7. The number of aliphatic hydroxyl groups excluding tert-OH is 1. The summed E-state index contributed by atoms with van der Waals surface area (Å²) in [5, 5.41) is 15.5. The van der Waals surface area contributed by atoms with Gasteiger partial charge in [-0.1, -0.05) is 24.3 Å². The first-order chi connectivity index (χ1) is 16.1. The van der Waals surface area contributed by atoms with Crippen LogP contribution in [0.25, 0.3) is 0 Å². The Labute approximate surface area is 191 Å². The maximum atomic E-state index is 12.6. The monoisotopic (exact) mass is 454 g/mol. The largest absolute Gasteiger partial charge is 0.497 e. The maximum absolute atomic E-state index is 12.6. The smallest absolute Gasteiger partial charge is 0.251 e. The summed E-state index contributed by atoms with van der Waals surface area (Å²) in [6.07, 6.45) is 2.40. The van der Waals surface area contributed by atoms with Crippen LogP contribution < -0.4 is 24.8 Å². The van der Waals surface area contributed by atoms with Crippen LogP contribution in [0.4, 0.5) is 0 Å². The number of fused-ring (bicyclic) bond motifs is 1. The van der Waals surface area contributed by atoms with Crippen molar-refractivity contribution in [3.05, 3.63) is 65.7 Å². The second kappa shape index (κ2) is 10.4. The van der Waals surface area contributed by atoms with Gasteiger partial charge in [-0.2, -0.15) is 0 Å². The van der Waals surface area contributed by atoms with Crippen molar-refractivity contribution < 1.29 is 33.6 Å². The second-order valence-electron chi connectivity index (χ2n) is 7.68. The van der Waals surface area contributed by atoms with E-state index in [1.54, 1.807) is 37.5 Å². The van der Waals surface area contributed by atoms with Crippen LogP contribution in [-0.2, 0) is 16.1 Å². The van der Waals surface area contributed by atoms with Gasteiger partial charge in [0.2, 0.25) is 12.7 Å². The van der Waals surface area contributed by atoms with Crippen LogP contribution in [-0.4, -0.2) is 55.7 Å². The summed E-state index contributed by atoms with van der Waals surface area (Å²) in [6, 6.07) is 11.8. The molecular formula is C24H26N2O7. The molecule has 2 aliphatic heterocycles. The van der Waals surface area contributed by atoms with Gasteiger partial charge in [-0.05, 0) is 35.9 Å². The molecule has 2 aromatic rings. The third kappa shape index (κ3) is 5.63. The number of carbonyl (C=O) groups excluding carboxylic acids is 2. The molecule has 2 heterocycles. The van der Waals surface area contributed by atoms with Crippen molar-refractivity contribution in [3.63, 3.8) is 0 Å². The number of ether oxygens (including phenoxy) is 4. The minimum Gasteiger partial charge on any atom is -0.497 e. The van der Waals surface area contributed by atoms with Crippen LogP contribution >= 0.6 is 0 Å². The summed E-state index contributed by atoms with van der Waals surface area (Å²) in [6.45, 7) is 0.207. The lowest BCUT2D eigenvalue weighted by Crippen LogP contribution is -2.49. The van der Waals surface area contributed by atoms with Crippen molar-refractivity contribution in [1.29, 1.82) is 0 Å². The Bertz CT molecular complexity index is 1020. The van der Waals surface area contributed by atoms with E-state index in [1.807, 2.05) is 24.3 Å². The molecule has 9 nitrogen and oxygen atoms in total. The van der Waals surface area contributed by atoms with Gasteiger partial charge < -0.3 is 34.7 Å². The van der Waals surface area contributed by atoms with Crippen molar-refractivity contribution in [2.24, 2.45) is 0 Å². The Morgan fingerprint density at radius 3 is 2.64 bits per heavy atom. The molecule has 174 valence electrons. The highest BCUT2D eigenvalue weighted by molar-refractivity contribution is 5.95. The normalized spacial score (nSPS) is 20.8. The zero-order valence-corrected chi connectivity index (χ0v) is 18.2. The molecule has 0 saturated carbocycles. The highest BCUT2D eigenvalue weighted by Crippen LogP contribution is 2.32. The molecule has 0 unspecified atom stereocenters. The molecule has 0 aliphatic carbocycles. The minimum atomic E-state index is -0.674. The lowest BCUT2D eigenvalue weighted by Gasteiger charge is -2.31. The molecule has 2 amide bonds. The zero-order valence-electron chi connectivity index (χ0n) is 18.2.